The molecule has 194 valence electrons. The zero-order valence-electron chi connectivity index (χ0n) is 22.0. The molecule has 8 heteroatoms. The van der Waals surface area contributed by atoms with Crippen molar-refractivity contribution >= 4 is 29.3 Å². The molecule has 3 aromatic carbocycles. The summed E-state index contributed by atoms with van der Waals surface area (Å²) in [5.41, 5.74) is 6.47. The van der Waals surface area contributed by atoms with E-state index in [1.165, 1.54) is 11.1 Å². The Kier molecular flexibility index (Phi) is 7.51. The lowest BCUT2D eigenvalue weighted by Gasteiger charge is -2.29. The lowest BCUT2D eigenvalue weighted by Crippen LogP contribution is -2.31. The van der Waals surface area contributed by atoms with Crippen LogP contribution in [0.3, 0.4) is 0 Å². The number of carbonyl (C=O) groups excluding carboxylic acids is 1. The van der Waals surface area contributed by atoms with Gasteiger partial charge in [-0.1, -0.05) is 71.9 Å². The van der Waals surface area contributed by atoms with Crippen molar-refractivity contribution in [2.45, 2.75) is 44.6 Å². The molecule has 2 heterocycles. The predicted molar refractivity (Wildman–Crippen MR) is 153 cm³/mol. The van der Waals surface area contributed by atoms with Crippen LogP contribution < -0.4 is 15.4 Å². The number of carbonyl (C=O) groups is 1. The van der Waals surface area contributed by atoms with E-state index in [-0.39, 0.29) is 5.91 Å². The predicted octanol–water partition coefficient (Wildman–Crippen LogP) is 6.51. The molecule has 0 unspecified atom stereocenters. The van der Waals surface area contributed by atoms with E-state index >= 15 is 0 Å². The molecule has 0 saturated heterocycles. The number of rotatable bonds is 8. The van der Waals surface area contributed by atoms with Gasteiger partial charge in [0.1, 0.15) is 11.8 Å². The maximum Gasteiger partial charge on any atom is 0.255 e. The van der Waals surface area contributed by atoms with E-state index < -0.39 is 6.04 Å². The number of amides is 1. The summed E-state index contributed by atoms with van der Waals surface area (Å²) in [6, 6.07) is 23.6. The first kappa shape index (κ1) is 25.6. The third-order valence-corrected chi connectivity index (χ3v) is 7.34. The Morgan fingerprint density at radius 1 is 1.05 bits per heavy atom. The second kappa shape index (κ2) is 11.1. The first-order valence-electron chi connectivity index (χ1n) is 12.7. The Bertz CT molecular complexity index is 1490. The average Bonchev–Trinajstić information content (AvgIpc) is 3.31. The number of anilines is 2. The van der Waals surface area contributed by atoms with Gasteiger partial charge in [0.05, 0.1) is 12.2 Å². The van der Waals surface area contributed by atoms with E-state index in [1.54, 1.807) is 11.8 Å². The van der Waals surface area contributed by atoms with E-state index in [1.807, 2.05) is 74.0 Å². The van der Waals surface area contributed by atoms with Crippen molar-refractivity contribution in [3.8, 4) is 5.75 Å². The zero-order valence-corrected chi connectivity index (χ0v) is 22.8. The highest BCUT2D eigenvalue weighted by molar-refractivity contribution is 7.98. The fourth-order valence-corrected chi connectivity index (χ4v) is 5.33. The number of allylic oxidation sites excluding steroid dienone is 1. The zero-order chi connectivity index (χ0) is 26.6. The summed E-state index contributed by atoms with van der Waals surface area (Å²) < 4.78 is 7.46. The number of fused-ring (bicyclic) bond motifs is 1. The van der Waals surface area contributed by atoms with E-state index in [2.05, 4.69) is 41.8 Å². The maximum absolute atomic E-state index is 13.7. The summed E-state index contributed by atoms with van der Waals surface area (Å²) in [4.78, 5) is 18.5. The van der Waals surface area contributed by atoms with Crippen LogP contribution >= 0.6 is 11.8 Å². The molecule has 0 spiro atoms. The van der Waals surface area contributed by atoms with Crippen LogP contribution in [-0.4, -0.2) is 27.3 Å². The topological polar surface area (TPSA) is 81.1 Å². The second-order valence-corrected chi connectivity index (χ2v) is 10.2. The highest BCUT2D eigenvalue weighted by atomic mass is 32.2. The number of benzene rings is 3. The van der Waals surface area contributed by atoms with Crippen LogP contribution in [0.25, 0.3) is 0 Å². The molecule has 0 bridgehead atoms. The molecule has 1 aromatic heterocycles. The average molecular weight is 526 g/mol. The van der Waals surface area contributed by atoms with Gasteiger partial charge in [0, 0.05) is 17.1 Å². The van der Waals surface area contributed by atoms with Gasteiger partial charge in [-0.05, 0) is 62.6 Å². The highest BCUT2D eigenvalue weighted by Gasteiger charge is 2.34. The normalized spacial score (nSPS) is 14.6. The Balaban J connectivity index is 1.49. The standard InChI is InChI=1S/C30H31N5O2S/c1-5-37-24-15-13-23(14-16-24)27-26(28(36)32-25-12-7-6-10-20(25)3)21(4)31-29-33-30(34-35(27)29)38-18-22-11-8-9-19(2)17-22/h6-17,27H,5,18H2,1-4H3,(H,32,36)(H,31,33,34)/t27-/m0/s1. The Morgan fingerprint density at radius 3 is 2.58 bits per heavy atom. The minimum Gasteiger partial charge on any atom is -0.494 e. The lowest BCUT2D eigenvalue weighted by molar-refractivity contribution is -0.113. The molecular formula is C30H31N5O2S. The third kappa shape index (κ3) is 5.45. The first-order valence-corrected chi connectivity index (χ1v) is 13.6. The van der Waals surface area contributed by atoms with E-state index in [0.29, 0.717) is 23.3 Å². The number of hydrogen-bond donors (Lipinski definition) is 2. The van der Waals surface area contributed by atoms with Crippen molar-refractivity contribution in [1.29, 1.82) is 0 Å². The largest absolute Gasteiger partial charge is 0.494 e. The fourth-order valence-electron chi connectivity index (χ4n) is 4.56. The van der Waals surface area contributed by atoms with Gasteiger partial charge >= 0.3 is 0 Å². The number of nitrogens with zero attached hydrogens (tertiary/aromatic N) is 3. The minimum absolute atomic E-state index is 0.182. The highest BCUT2D eigenvalue weighted by Crippen LogP contribution is 2.37. The number of para-hydroxylation sites is 1. The lowest BCUT2D eigenvalue weighted by atomic mass is 9.95. The van der Waals surface area contributed by atoms with Gasteiger partial charge in [-0.2, -0.15) is 4.98 Å². The van der Waals surface area contributed by atoms with Gasteiger partial charge in [0.2, 0.25) is 11.1 Å². The van der Waals surface area contributed by atoms with Crippen molar-refractivity contribution < 1.29 is 9.53 Å². The summed E-state index contributed by atoms with van der Waals surface area (Å²) in [6.07, 6.45) is 0. The smallest absolute Gasteiger partial charge is 0.255 e. The molecule has 5 rings (SSSR count). The molecule has 0 fully saturated rings. The molecular weight excluding hydrogens is 494 g/mol. The van der Waals surface area contributed by atoms with Crippen LogP contribution in [0.15, 0.2) is 89.2 Å². The fraction of sp³-hybridized carbons (Fsp3) is 0.233. The van der Waals surface area contributed by atoms with Crippen LogP contribution in [-0.2, 0) is 10.5 Å². The van der Waals surface area contributed by atoms with Crippen molar-refractivity contribution in [3.05, 3.63) is 106 Å². The van der Waals surface area contributed by atoms with Gasteiger partial charge < -0.3 is 15.4 Å². The number of hydrogen-bond acceptors (Lipinski definition) is 6. The molecule has 4 aromatic rings. The molecule has 38 heavy (non-hydrogen) atoms. The molecule has 0 radical (unpaired) electrons. The van der Waals surface area contributed by atoms with Gasteiger partial charge in [0.25, 0.3) is 5.91 Å². The van der Waals surface area contributed by atoms with Crippen LogP contribution in [0, 0.1) is 13.8 Å². The van der Waals surface area contributed by atoms with Gasteiger partial charge in [0.15, 0.2) is 0 Å². The summed E-state index contributed by atoms with van der Waals surface area (Å²) in [5, 5.41) is 11.9. The van der Waals surface area contributed by atoms with E-state index in [4.69, 9.17) is 14.8 Å². The van der Waals surface area contributed by atoms with Crippen molar-refractivity contribution in [1.82, 2.24) is 14.8 Å². The quantitative estimate of drug-likeness (QED) is 0.255. The molecule has 7 nitrogen and oxygen atoms in total. The molecule has 1 atom stereocenters. The second-order valence-electron chi connectivity index (χ2n) is 9.28. The first-order chi connectivity index (χ1) is 18.4. The molecule has 1 amide bonds. The molecule has 2 N–H and O–H groups in total. The number of aromatic nitrogens is 3. The number of thioether (sulfide) groups is 1. The van der Waals surface area contributed by atoms with Crippen LogP contribution in [0.2, 0.25) is 0 Å². The van der Waals surface area contributed by atoms with E-state index in [9.17, 15) is 4.79 Å². The van der Waals surface area contributed by atoms with Crippen molar-refractivity contribution in [3.63, 3.8) is 0 Å². The Labute approximate surface area is 227 Å². The summed E-state index contributed by atoms with van der Waals surface area (Å²) in [6.45, 7) is 8.52. The maximum atomic E-state index is 13.7. The van der Waals surface area contributed by atoms with E-state index in [0.717, 1.165) is 34.0 Å². The summed E-state index contributed by atoms with van der Waals surface area (Å²) in [5.74, 6) is 1.97. The molecule has 1 aliphatic rings. The van der Waals surface area contributed by atoms with Crippen LogP contribution in [0.1, 0.15) is 42.1 Å². The van der Waals surface area contributed by atoms with Crippen LogP contribution in [0.5, 0.6) is 5.75 Å². The minimum atomic E-state index is -0.452. The summed E-state index contributed by atoms with van der Waals surface area (Å²) >= 11 is 1.58. The molecule has 1 aliphatic heterocycles. The number of nitrogens with one attached hydrogen (secondary N) is 2. The van der Waals surface area contributed by atoms with Gasteiger partial charge in [-0.25, -0.2) is 4.68 Å². The van der Waals surface area contributed by atoms with Crippen molar-refractivity contribution in [2.75, 3.05) is 17.2 Å². The summed E-state index contributed by atoms with van der Waals surface area (Å²) in [7, 11) is 0. The number of ether oxygens (including phenoxy) is 1. The Hall–Kier alpha value is -4.04. The van der Waals surface area contributed by atoms with Crippen LogP contribution in [0.4, 0.5) is 11.6 Å². The third-order valence-electron chi connectivity index (χ3n) is 6.43. The molecule has 0 aliphatic carbocycles. The van der Waals surface area contributed by atoms with Gasteiger partial charge in [-0.15, -0.1) is 5.10 Å². The van der Waals surface area contributed by atoms with Gasteiger partial charge in [-0.3, -0.25) is 4.79 Å². The Morgan fingerprint density at radius 2 is 1.84 bits per heavy atom. The van der Waals surface area contributed by atoms with Crippen molar-refractivity contribution in [2.24, 2.45) is 0 Å². The SMILES string of the molecule is CCOc1ccc([C@H]2C(C(=O)Nc3ccccc3C)=C(C)Nc3nc(SCc4cccc(C)c4)nn32)cc1. The number of aryl methyl sites for hydroxylation is 2. The monoisotopic (exact) mass is 525 g/mol. The molecule has 0 saturated carbocycles.